The van der Waals surface area contributed by atoms with Gasteiger partial charge in [0, 0.05) is 16.5 Å². The van der Waals surface area contributed by atoms with Crippen molar-refractivity contribution in [2.75, 3.05) is 11.1 Å². The minimum Gasteiger partial charge on any atom is -0.411 e. The molecule has 0 saturated carbocycles. The molecule has 0 unspecified atom stereocenters. The number of nitrogens with one attached hydrogen (secondary N) is 1. The summed E-state index contributed by atoms with van der Waals surface area (Å²) in [6.07, 6.45) is 0. The molecule has 1 N–H and O–H groups in total. The molecule has 6 nitrogen and oxygen atoms in total. The van der Waals surface area contributed by atoms with E-state index in [9.17, 15) is 4.79 Å². The van der Waals surface area contributed by atoms with Gasteiger partial charge in [-0.1, -0.05) is 42.1 Å². The summed E-state index contributed by atoms with van der Waals surface area (Å²) in [6.45, 7) is 4.15. The van der Waals surface area contributed by atoms with E-state index in [0.717, 1.165) is 16.8 Å². The van der Waals surface area contributed by atoms with Crippen LogP contribution in [0.25, 0.3) is 22.7 Å². The summed E-state index contributed by atoms with van der Waals surface area (Å²) < 4.78 is 5.60. The smallest absolute Gasteiger partial charge is 0.277 e. The van der Waals surface area contributed by atoms with Crippen LogP contribution in [0.2, 0.25) is 0 Å². The van der Waals surface area contributed by atoms with Crippen LogP contribution < -0.4 is 5.32 Å². The third-order valence-corrected chi connectivity index (χ3v) is 5.88. The molecule has 0 aliphatic heterocycles. The lowest BCUT2D eigenvalue weighted by Crippen LogP contribution is -2.13. The van der Waals surface area contributed by atoms with Crippen molar-refractivity contribution in [1.82, 2.24) is 15.2 Å². The van der Waals surface area contributed by atoms with Gasteiger partial charge in [0.1, 0.15) is 0 Å². The average molecular weight is 423 g/mol. The van der Waals surface area contributed by atoms with Crippen molar-refractivity contribution in [3.8, 4) is 22.7 Å². The second-order valence-electron chi connectivity index (χ2n) is 6.41. The van der Waals surface area contributed by atoms with Crippen LogP contribution in [0.5, 0.6) is 0 Å². The summed E-state index contributed by atoms with van der Waals surface area (Å²) in [4.78, 5) is 16.8. The lowest BCUT2D eigenvalue weighted by atomic mass is 10.1. The Morgan fingerprint density at radius 1 is 1.07 bits per heavy atom. The summed E-state index contributed by atoms with van der Waals surface area (Å²) in [5, 5.41) is 13.7. The Kier molecular flexibility index (Phi) is 5.73. The Morgan fingerprint density at radius 3 is 2.69 bits per heavy atom. The summed E-state index contributed by atoms with van der Waals surface area (Å²) in [5.74, 6) is 0.427. The van der Waals surface area contributed by atoms with E-state index in [1.807, 2.05) is 41.8 Å². The fourth-order valence-corrected chi connectivity index (χ4v) is 3.91. The van der Waals surface area contributed by atoms with Crippen molar-refractivity contribution in [2.45, 2.75) is 19.1 Å². The van der Waals surface area contributed by atoms with Crippen LogP contribution in [0.3, 0.4) is 0 Å². The first-order valence-corrected chi connectivity index (χ1v) is 10.8. The largest absolute Gasteiger partial charge is 0.411 e. The number of amides is 1. The van der Waals surface area contributed by atoms with E-state index < -0.39 is 0 Å². The number of aryl methyl sites for hydroxylation is 2. The molecule has 2 aromatic carbocycles. The molecular formula is C21H18N4O2S2. The van der Waals surface area contributed by atoms with Gasteiger partial charge in [-0.25, -0.2) is 4.98 Å². The van der Waals surface area contributed by atoms with Crippen LogP contribution in [-0.4, -0.2) is 26.8 Å². The molecule has 4 aromatic rings. The molecule has 146 valence electrons. The maximum Gasteiger partial charge on any atom is 0.277 e. The molecule has 29 heavy (non-hydrogen) atoms. The van der Waals surface area contributed by atoms with Crippen molar-refractivity contribution in [2.24, 2.45) is 0 Å². The molecule has 0 aliphatic rings. The van der Waals surface area contributed by atoms with E-state index in [1.165, 1.54) is 34.2 Å². The van der Waals surface area contributed by atoms with Gasteiger partial charge in [-0.3, -0.25) is 4.79 Å². The molecule has 8 heteroatoms. The van der Waals surface area contributed by atoms with Gasteiger partial charge >= 0.3 is 0 Å². The van der Waals surface area contributed by atoms with Gasteiger partial charge in [-0.15, -0.1) is 21.5 Å². The summed E-state index contributed by atoms with van der Waals surface area (Å²) >= 11 is 2.60. The Bertz CT molecular complexity index is 1140. The maximum atomic E-state index is 12.3. The van der Waals surface area contributed by atoms with Gasteiger partial charge in [0.25, 0.3) is 5.22 Å². The number of thioether (sulfide) groups is 1. The lowest BCUT2D eigenvalue weighted by Gasteiger charge is -2.02. The van der Waals surface area contributed by atoms with Crippen molar-refractivity contribution in [3.63, 3.8) is 0 Å². The van der Waals surface area contributed by atoms with Gasteiger partial charge in [0.05, 0.1) is 11.4 Å². The molecule has 0 fully saturated rings. The van der Waals surface area contributed by atoms with Crippen molar-refractivity contribution < 1.29 is 9.21 Å². The lowest BCUT2D eigenvalue weighted by molar-refractivity contribution is -0.113. The van der Waals surface area contributed by atoms with Gasteiger partial charge in [0.2, 0.25) is 11.8 Å². The van der Waals surface area contributed by atoms with Crippen LogP contribution in [-0.2, 0) is 4.79 Å². The third kappa shape index (κ3) is 4.72. The minimum absolute atomic E-state index is 0.162. The number of hydrogen-bond acceptors (Lipinski definition) is 7. The van der Waals surface area contributed by atoms with Crippen molar-refractivity contribution in [3.05, 3.63) is 65.0 Å². The maximum absolute atomic E-state index is 12.3. The monoisotopic (exact) mass is 422 g/mol. The van der Waals surface area contributed by atoms with E-state index in [1.54, 1.807) is 0 Å². The van der Waals surface area contributed by atoms with Crippen LogP contribution in [0.4, 0.5) is 5.13 Å². The highest BCUT2D eigenvalue weighted by Crippen LogP contribution is 2.27. The molecule has 0 saturated heterocycles. The van der Waals surface area contributed by atoms with Crippen LogP contribution >= 0.6 is 23.1 Å². The highest BCUT2D eigenvalue weighted by molar-refractivity contribution is 7.99. The topological polar surface area (TPSA) is 80.9 Å². The quantitative estimate of drug-likeness (QED) is 0.430. The number of hydrogen-bond donors (Lipinski definition) is 1. The minimum atomic E-state index is -0.171. The zero-order valence-corrected chi connectivity index (χ0v) is 17.5. The van der Waals surface area contributed by atoms with E-state index in [2.05, 4.69) is 46.5 Å². The number of benzene rings is 2. The first-order valence-electron chi connectivity index (χ1n) is 8.93. The number of anilines is 1. The Hall–Kier alpha value is -2.97. The Labute approximate surface area is 176 Å². The molecular weight excluding hydrogens is 404 g/mol. The van der Waals surface area contributed by atoms with Crippen LogP contribution in [0.15, 0.2) is 63.6 Å². The third-order valence-electron chi connectivity index (χ3n) is 4.31. The predicted octanol–water partition coefficient (Wildman–Crippen LogP) is 5.21. The zero-order chi connectivity index (χ0) is 20.2. The fourth-order valence-electron chi connectivity index (χ4n) is 2.61. The van der Waals surface area contributed by atoms with Crippen LogP contribution in [0.1, 0.15) is 11.1 Å². The number of thiazole rings is 1. The van der Waals surface area contributed by atoms with E-state index in [-0.39, 0.29) is 11.7 Å². The van der Waals surface area contributed by atoms with Crippen LogP contribution in [0, 0.1) is 13.8 Å². The molecule has 0 atom stereocenters. The molecule has 0 bridgehead atoms. The summed E-state index contributed by atoms with van der Waals surface area (Å²) in [5.41, 5.74) is 5.19. The molecule has 0 spiro atoms. The molecule has 1 amide bonds. The van der Waals surface area contributed by atoms with E-state index in [0.29, 0.717) is 16.2 Å². The molecule has 2 aromatic heterocycles. The number of nitrogens with zero attached hydrogens (tertiary/aromatic N) is 3. The molecule has 0 aliphatic carbocycles. The van der Waals surface area contributed by atoms with E-state index in [4.69, 9.17) is 4.42 Å². The molecule has 0 radical (unpaired) electrons. The second kappa shape index (κ2) is 8.59. The Morgan fingerprint density at radius 2 is 1.90 bits per heavy atom. The average Bonchev–Trinajstić information content (AvgIpc) is 3.39. The number of rotatable bonds is 6. The Balaban J connectivity index is 1.34. The fraction of sp³-hybridized carbons (Fsp3) is 0.143. The van der Waals surface area contributed by atoms with Crippen molar-refractivity contribution >= 4 is 34.1 Å². The SMILES string of the molecule is Cc1ccc(-c2csc(NC(=O)CSc3nnc(-c4ccccc4)o3)n2)cc1C. The first-order chi connectivity index (χ1) is 14.1. The van der Waals surface area contributed by atoms with Crippen molar-refractivity contribution in [1.29, 1.82) is 0 Å². The highest BCUT2D eigenvalue weighted by Gasteiger charge is 2.13. The summed E-state index contributed by atoms with van der Waals surface area (Å²) in [7, 11) is 0. The normalized spacial score (nSPS) is 10.8. The van der Waals surface area contributed by atoms with Gasteiger partial charge in [0.15, 0.2) is 5.13 Å². The van der Waals surface area contributed by atoms with Gasteiger partial charge in [-0.05, 0) is 43.2 Å². The molecule has 2 heterocycles. The summed E-state index contributed by atoms with van der Waals surface area (Å²) in [6, 6.07) is 15.7. The number of carbonyl (C=O) groups is 1. The standard InChI is InChI=1S/C21H18N4O2S2/c1-13-8-9-16(10-14(13)2)17-11-28-20(22-17)23-18(26)12-29-21-25-24-19(27-21)15-6-4-3-5-7-15/h3-11H,12H2,1-2H3,(H,22,23,26). The van der Waals surface area contributed by atoms with Gasteiger partial charge < -0.3 is 9.73 Å². The number of aromatic nitrogens is 3. The second-order valence-corrected chi connectivity index (χ2v) is 8.20. The first kappa shape index (κ1) is 19.4. The molecule has 4 rings (SSSR count). The zero-order valence-electron chi connectivity index (χ0n) is 15.9. The van der Waals surface area contributed by atoms with Gasteiger partial charge in [-0.2, -0.15) is 0 Å². The van der Waals surface area contributed by atoms with E-state index >= 15 is 0 Å². The predicted molar refractivity (Wildman–Crippen MR) is 116 cm³/mol. The highest BCUT2D eigenvalue weighted by atomic mass is 32.2. The number of carbonyl (C=O) groups excluding carboxylic acids is 1.